The number of hydrogen-bond donors (Lipinski definition) is 1. The van der Waals surface area contributed by atoms with E-state index in [2.05, 4.69) is 16.1 Å². The van der Waals surface area contributed by atoms with Crippen molar-refractivity contribution in [1.82, 2.24) is 4.98 Å². The van der Waals surface area contributed by atoms with Crippen LogP contribution in [-0.2, 0) is 0 Å². The Kier molecular flexibility index (Phi) is 4.83. The molecule has 1 aliphatic heterocycles. The van der Waals surface area contributed by atoms with Gasteiger partial charge in [-0.1, -0.05) is 12.2 Å². The summed E-state index contributed by atoms with van der Waals surface area (Å²) in [5.74, 6) is 0. The second kappa shape index (κ2) is 6.38. The molecule has 0 spiro atoms. The highest BCUT2D eigenvalue weighted by molar-refractivity contribution is 7.99. The predicted octanol–water partition coefficient (Wildman–Crippen LogP) is 2.44. The molecule has 2 rings (SSSR count). The van der Waals surface area contributed by atoms with E-state index in [1.807, 2.05) is 24.0 Å². The topological polar surface area (TPSA) is 42.2 Å². The van der Waals surface area contributed by atoms with E-state index in [1.54, 1.807) is 6.20 Å². The zero-order chi connectivity index (χ0) is 13.0. The van der Waals surface area contributed by atoms with E-state index in [4.69, 9.17) is 18.0 Å². The van der Waals surface area contributed by atoms with Crippen LogP contribution in [0.5, 0.6) is 0 Å². The van der Waals surface area contributed by atoms with Gasteiger partial charge < -0.3 is 10.6 Å². The number of aromatic nitrogens is 1. The van der Waals surface area contributed by atoms with Crippen molar-refractivity contribution in [1.29, 1.82) is 0 Å². The number of rotatable bonds is 3. The third-order valence-corrected chi connectivity index (χ3v) is 4.77. The summed E-state index contributed by atoms with van der Waals surface area (Å²) in [6.45, 7) is 2.13. The Hall–Kier alpha value is -0.810. The number of thioether (sulfide) groups is 1. The largest absolute Gasteiger partial charge is 0.389 e. The Bertz CT molecular complexity index is 422. The normalized spacial score (nSPS) is 20.5. The molecule has 0 aromatic carbocycles. The van der Waals surface area contributed by atoms with Crippen LogP contribution in [0.2, 0.25) is 0 Å². The van der Waals surface area contributed by atoms with Gasteiger partial charge in [0, 0.05) is 30.1 Å². The van der Waals surface area contributed by atoms with Crippen LogP contribution >= 0.6 is 24.0 Å². The highest BCUT2D eigenvalue weighted by atomic mass is 32.2. The van der Waals surface area contributed by atoms with Crippen molar-refractivity contribution in [3.05, 3.63) is 24.0 Å². The molecule has 1 unspecified atom stereocenters. The Morgan fingerprint density at radius 3 is 3.06 bits per heavy atom. The molecular formula is C13H19N3S2. The molecule has 0 bridgehead atoms. The average Bonchev–Trinajstić information content (AvgIpc) is 2.63. The van der Waals surface area contributed by atoms with Crippen LogP contribution in [0.25, 0.3) is 0 Å². The zero-order valence-corrected chi connectivity index (χ0v) is 12.3. The smallest absolute Gasteiger partial charge is 0.106 e. The Balaban J connectivity index is 2.18. The fourth-order valence-corrected chi connectivity index (χ4v) is 3.30. The summed E-state index contributed by atoms with van der Waals surface area (Å²) in [6.07, 6.45) is 9.56. The van der Waals surface area contributed by atoms with Crippen molar-refractivity contribution < 1.29 is 0 Å². The van der Waals surface area contributed by atoms with Gasteiger partial charge in [0.1, 0.15) is 4.99 Å². The third kappa shape index (κ3) is 3.14. The SMILES string of the molecule is CSC1CCCN(c2cnccc2C(N)=S)CC1. The van der Waals surface area contributed by atoms with Crippen molar-refractivity contribution in [2.45, 2.75) is 24.5 Å². The summed E-state index contributed by atoms with van der Waals surface area (Å²) in [7, 11) is 0. The molecule has 1 atom stereocenters. The minimum atomic E-state index is 0.457. The van der Waals surface area contributed by atoms with E-state index in [0.29, 0.717) is 4.99 Å². The summed E-state index contributed by atoms with van der Waals surface area (Å²) in [4.78, 5) is 7.04. The molecule has 1 fully saturated rings. The van der Waals surface area contributed by atoms with Gasteiger partial charge in [-0.3, -0.25) is 4.98 Å². The quantitative estimate of drug-likeness (QED) is 0.862. The number of nitrogens with zero attached hydrogens (tertiary/aromatic N) is 2. The summed E-state index contributed by atoms with van der Waals surface area (Å²) in [6, 6.07) is 1.91. The van der Waals surface area contributed by atoms with Crippen LogP contribution in [0.15, 0.2) is 18.5 Å². The van der Waals surface area contributed by atoms with E-state index < -0.39 is 0 Å². The van der Waals surface area contributed by atoms with Crippen molar-refractivity contribution in [3.8, 4) is 0 Å². The molecule has 0 amide bonds. The van der Waals surface area contributed by atoms with E-state index in [-0.39, 0.29) is 0 Å². The van der Waals surface area contributed by atoms with Crippen molar-refractivity contribution in [2.24, 2.45) is 5.73 Å². The summed E-state index contributed by atoms with van der Waals surface area (Å²) in [5.41, 5.74) is 7.82. The fourth-order valence-electron chi connectivity index (χ4n) is 2.39. The maximum atomic E-state index is 5.79. The highest BCUT2D eigenvalue weighted by Gasteiger charge is 2.19. The second-order valence-corrected chi connectivity index (χ2v) is 6.11. The zero-order valence-electron chi connectivity index (χ0n) is 10.6. The lowest BCUT2D eigenvalue weighted by Gasteiger charge is -2.24. The molecule has 0 saturated carbocycles. The van der Waals surface area contributed by atoms with Crippen LogP contribution in [-0.4, -0.2) is 34.6 Å². The first-order valence-electron chi connectivity index (χ1n) is 6.24. The standard InChI is InChI=1S/C13H19N3S2/c1-18-10-3-2-7-16(8-5-10)12-9-15-6-4-11(12)13(14)17/h4,6,9-10H,2-3,5,7-8H2,1H3,(H2,14,17). The van der Waals surface area contributed by atoms with Crippen molar-refractivity contribution >= 4 is 34.7 Å². The summed E-state index contributed by atoms with van der Waals surface area (Å²) in [5, 5.41) is 0.778. The molecule has 2 heterocycles. The Morgan fingerprint density at radius 2 is 2.33 bits per heavy atom. The Morgan fingerprint density at radius 1 is 1.50 bits per heavy atom. The van der Waals surface area contributed by atoms with Gasteiger partial charge in [-0.15, -0.1) is 0 Å². The molecule has 1 saturated heterocycles. The molecule has 3 nitrogen and oxygen atoms in total. The molecule has 1 aromatic heterocycles. The van der Waals surface area contributed by atoms with Crippen LogP contribution in [0.3, 0.4) is 0 Å². The third-order valence-electron chi connectivity index (χ3n) is 3.41. The van der Waals surface area contributed by atoms with Gasteiger partial charge in [0.15, 0.2) is 0 Å². The van der Waals surface area contributed by atoms with Gasteiger partial charge >= 0.3 is 0 Å². The summed E-state index contributed by atoms with van der Waals surface area (Å²) < 4.78 is 0. The molecule has 1 aliphatic rings. The molecule has 0 aliphatic carbocycles. The van der Waals surface area contributed by atoms with Gasteiger partial charge in [0.05, 0.1) is 11.9 Å². The molecule has 18 heavy (non-hydrogen) atoms. The van der Waals surface area contributed by atoms with Gasteiger partial charge in [0.25, 0.3) is 0 Å². The van der Waals surface area contributed by atoms with Gasteiger partial charge in [-0.05, 0) is 31.6 Å². The lowest BCUT2D eigenvalue weighted by molar-refractivity contribution is 0.745. The molecular weight excluding hydrogens is 262 g/mol. The molecule has 1 aromatic rings. The van der Waals surface area contributed by atoms with E-state index in [0.717, 1.165) is 29.6 Å². The first-order valence-corrected chi connectivity index (χ1v) is 7.93. The lowest BCUT2D eigenvalue weighted by atomic mass is 10.2. The Labute approximate surface area is 118 Å². The molecule has 5 heteroatoms. The number of anilines is 1. The van der Waals surface area contributed by atoms with Crippen LogP contribution in [0.4, 0.5) is 5.69 Å². The minimum absolute atomic E-state index is 0.457. The maximum absolute atomic E-state index is 5.79. The molecule has 0 radical (unpaired) electrons. The highest BCUT2D eigenvalue weighted by Crippen LogP contribution is 2.26. The maximum Gasteiger partial charge on any atom is 0.106 e. The first-order chi connectivity index (χ1) is 8.72. The molecule has 98 valence electrons. The predicted molar refractivity (Wildman–Crippen MR) is 83.5 cm³/mol. The van der Waals surface area contributed by atoms with E-state index in [1.165, 1.54) is 19.3 Å². The second-order valence-electron chi connectivity index (χ2n) is 4.53. The van der Waals surface area contributed by atoms with Crippen LogP contribution < -0.4 is 10.6 Å². The molecule has 2 N–H and O–H groups in total. The van der Waals surface area contributed by atoms with Crippen LogP contribution in [0.1, 0.15) is 24.8 Å². The first kappa shape index (κ1) is 13.6. The van der Waals surface area contributed by atoms with Crippen molar-refractivity contribution in [2.75, 3.05) is 24.2 Å². The van der Waals surface area contributed by atoms with Crippen molar-refractivity contribution in [3.63, 3.8) is 0 Å². The van der Waals surface area contributed by atoms with Crippen LogP contribution in [0, 0.1) is 0 Å². The van der Waals surface area contributed by atoms with Gasteiger partial charge in [-0.25, -0.2) is 0 Å². The van der Waals surface area contributed by atoms with Gasteiger partial charge in [0.2, 0.25) is 0 Å². The number of thiocarbonyl (C=S) groups is 1. The summed E-state index contributed by atoms with van der Waals surface area (Å²) >= 11 is 7.09. The number of hydrogen-bond acceptors (Lipinski definition) is 4. The lowest BCUT2D eigenvalue weighted by Crippen LogP contribution is -2.27. The fraction of sp³-hybridized carbons (Fsp3) is 0.538. The monoisotopic (exact) mass is 281 g/mol. The average molecular weight is 281 g/mol. The number of pyridine rings is 1. The van der Waals surface area contributed by atoms with E-state index >= 15 is 0 Å². The number of nitrogens with two attached hydrogens (primary N) is 1. The van der Waals surface area contributed by atoms with E-state index in [9.17, 15) is 0 Å². The minimum Gasteiger partial charge on any atom is -0.389 e. The van der Waals surface area contributed by atoms with Gasteiger partial charge in [-0.2, -0.15) is 11.8 Å².